The maximum atomic E-state index is 11.2. The molecule has 2 aromatic rings. The van der Waals surface area contributed by atoms with Gasteiger partial charge in [-0.1, -0.05) is 49.2 Å². The van der Waals surface area contributed by atoms with Gasteiger partial charge in [-0.3, -0.25) is 9.59 Å². The highest BCUT2D eigenvalue weighted by Gasteiger charge is 2.19. The van der Waals surface area contributed by atoms with E-state index < -0.39 is 0 Å². The van der Waals surface area contributed by atoms with Gasteiger partial charge in [0.1, 0.15) is 11.5 Å². The molecule has 8 heteroatoms. The summed E-state index contributed by atoms with van der Waals surface area (Å²) in [4.78, 5) is 29.7. The molecule has 0 bridgehead atoms. The number of benzene rings is 1. The first kappa shape index (κ1) is 29.6. The number of carbonyl (C=O) groups excluding carboxylic acids is 2. The lowest BCUT2D eigenvalue weighted by Gasteiger charge is -2.24. The third-order valence-corrected chi connectivity index (χ3v) is 5.48. The first-order chi connectivity index (χ1) is 16.4. The molecule has 0 atom stereocenters. The Balaban J connectivity index is 0.000000253. The third-order valence-electron chi connectivity index (χ3n) is 5.12. The number of likely N-dealkylation sites (N-methyl/N-ethyl adjacent to an activating group) is 1. The fourth-order valence-corrected chi connectivity index (χ4v) is 3.51. The number of amides is 1. The molecule has 2 aliphatic heterocycles. The molecule has 7 nitrogen and oxygen atoms in total. The van der Waals surface area contributed by atoms with Crippen molar-refractivity contribution in [1.82, 2.24) is 19.4 Å². The molecular weight excluding hydrogens is 452 g/mol. The van der Waals surface area contributed by atoms with Crippen LogP contribution in [0.25, 0.3) is 0 Å². The summed E-state index contributed by atoms with van der Waals surface area (Å²) in [7, 11) is 2.11. The van der Waals surface area contributed by atoms with Gasteiger partial charge in [-0.05, 0) is 32.0 Å². The number of imidazole rings is 1. The van der Waals surface area contributed by atoms with Gasteiger partial charge in [0, 0.05) is 38.1 Å². The summed E-state index contributed by atoms with van der Waals surface area (Å²) in [5.74, 6) is 0.803. The van der Waals surface area contributed by atoms with E-state index in [1.807, 2.05) is 29.7 Å². The van der Waals surface area contributed by atoms with Gasteiger partial charge in [0.15, 0.2) is 5.78 Å². The molecule has 1 amide bonds. The van der Waals surface area contributed by atoms with Crippen molar-refractivity contribution in [2.45, 2.75) is 46.7 Å². The average molecular weight is 491 g/mol. The van der Waals surface area contributed by atoms with Crippen molar-refractivity contribution in [2.75, 3.05) is 39.9 Å². The number of carbonyl (C=O) groups is 2. The van der Waals surface area contributed by atoms with Crippen molar-refractivity contribution in [1.29, 1.82) is 0 Å². The van der Waals surface area contributed by atoms with Crippen LogP contribution in [-0.2, 0) is 29.0 Å². The summed E-state index contributed by atoms with van der Waals surface area (Å²) in [6, 6.07) is 8.00. The van der Waals surface area contributed by atoms with Crippen LogP contribution in [-0.4, -0.2) is 71.4 Å². The molecule has 4 rings (SSSR count). The van der Waals surface area contributed by atoms with Gasteiger partial charge >= 0.3 is 0 Å². The van der Waals surface area contributed by atoms with Gasteiger partial charge in [-0.15, -0.1) is 6.58 Å². The summed E-state index contributed by atoms with van der Waals surface area (Å²) in [5, 5.41) is 0.893. The number of nitrogens with zero attached hydrogens (tertiary/aromatic N) is 4. The smallest absolute Gasteiger partial charge is 0.210 e. The molecule has 0 saturated carbocycles. The fourth-order valence-electron chi connectivity index (χ4n) is 3.27. The van der Waals surface area contributed by atoms with Crippen LogP contribution < -0.4 is 0 Å². The molecule has 0 aliphatic carbocycles. The van der Waals surface area contributed by atoms with Crippen molar-refractivity contribution in [3.8, 4) is 0 Å². The second kappa shape index (κ2) is 17.0. The minimum atomic E-state index is 0.0169. The number of rotatable bonds is 4. The van der Waals surface area contributed by atoms with E-state index in [0.29, 0.717) is 25.3 Å². The molecule has 1 aromatic carbocycles. The summed E-state index contributed by atoms with van der Waals surface area (Å²) in [6.45, 7) is 14.7. The maximum absolute atomic E-state index is 11.2. The zero-order chi connectivity index (χ0) is 25.3. The molecule has 1 saturated heterocycles. The number of hydrogen-bond acceptors (Lipinski definition) is 5. The van der Waals surface area contributed by atoms with Crippen LogP contribution in [0.15, 0.2) is 43.1 Å². The van der Waals surface area contributed by atoms with Crippen molar-refractivity contribution in [3.05, 3.63) is 65.2 Å². The predicted octanol–water partition coefficient (Wildman–Crippen LogP) is 4.49. The topological polar surface area (TPSA) is 67.7 Å². The summed E-state index contributed by atoms with van der Waals surface area (Å²) < 4.78 is 6.98. The Morgan fingerprint density at radius 1 is 1.21 bits per heavy atom. The van der Waals surface area contributed by atoms with Gasteiger partial charge in [0.25, 0.3) is 0 Å². The lowest BCUT2D eigenvalue weighted by Crippen LogP contribution is -2.33. The Morgan fingerprint density at radius 2 is 1.85 bits per heavy atom. The van der Waals surface area contributed by atoms with Crippen molar-refractivity contribution >= 4 is 23.8 Å². The van der Waals surface area contributed by atoms with Gasteiger partial charge in [0.05, 0.1) is 26.0 Å². The second-order valence-electron chi connectivity index (χ2n) is 8.01. The third kappa shape index (κ3) is 10.6. The van der Waals surface area contributed by atoms with Crippen LogP contribution in [0.3, 0.4) is 0 Å². The molecular formula is C26H39ClN4O3. The Labute approximate surface area is 209 Å². The Kier molecular flexibility index (Phi) is 14.8. The normalized spacial score (nSPS) is 14.7. The summed E-state index contributed by atoms with van der Waals surface area (Å²) >= 11 is 5.90. The van der Waals surface area contributed by atoms with E-state index in [9.17, 15) is 9.59 Å². The molecule has 2 aliphatic rings. The van der Waals surface area contributed by atoms with Crippen molar-refractivity contribution < 1.29 is 14.3 Å². The Morgan fingerprint density at radius 3 is 2.35 bits per heavy atom. The van der Waals surface area contributed by atoms with Gasteiger partial charge < -0.3 is 19.1 Å². The zero-order valence-corrected chi connectivity index (χ0v) is 21.8. The van der Waals surface area contributed by atoms with Gasteiger partial charge in [-0.2, -0.15) is 0 Å². The summed E-state index contributed by atoms with van der Waals surface area (Å²) in [5.41, 5.74) is 1.89. The van der Waals surface area contributed by atoms with Crippen molar-refractivity contribution in [2.24, 2.45) is 0 Å². The highest BCUT2D eigenvalue weighted by atomic mass is 35.5. The highest BCUT2D eigenvalue weighted by Crippen LogP contribution is 2.16. The molecule has 3 heterocycles. The minimum absolute atomic E-state index is 0.0169. The standard InChI is InChI=1S/C9H11Cl.C9H11N3O2.C5H11NO.C3H6/c1-2-5-8-6-3-4-7-9(8)10;1-7(14)8-4-10-9-5-11(6-13)2-3-12(8)9;1-6-2-4-7-5-3-6;1-3-2/h3-4,6-7H,2,5H2,1H3;4,6H,2-3,5H2,1H3;2-5H2,1H3;3H,1H2,2H3. The molecule has 34 heavy (non-hydrogen) atoms. The number of fused-ring (bicyclic) bond motifs is 1. The number of halogens is 1. The van der Waals surface area contributed by atoms with E-state index >= 15 is 0 Å². The minimum Gasteiger partial charge on any atom is -0.379 e. The van der Waals surface area contributed by atoms with E-state index in [2.05, 4.69) is 36.5 Å². The number of morpholine rings is 1. The summed E-state index contributed by atoms with van der Waals surface area (Å²) in [6.07, 6.45) is 6.38. The van der Waals surface area contributed by atoms with Crippen LogP contribution in [0, 0.1) is 0 Å². The monoisotopic (exact) mass is 490 g/mol. The molecule has 0 spiro atoms. The maximum Gasteiger partial charge on any atom is 0.210 e. The predicted molar refractivity (Wildman–Crippen MR) is 138 cm³/mol. The van der Waals surface area contributed by atoms with Crippen LogP contribution in [0.4, 0.5) is 0 Å². The van der Waals surface area contributed by atoms with E-state index in [1.54, 1.807) is 17.2 Å². The molecule has 0 N–H and O–H groups in total. The average Bonchev–Trinajstić information content (AvgIpc) is 3.26. The van der Waals surface area contributed by atoms with Crippen LogP contribution in [0.1, 0.15) is 49.1 Å². The zero-order valence-electron chi connectivity index (χ0n) is 21.0. The SMILES string of the molecule is C=CC.CC(=O)c1cnc2n1CCN(C=O)C2.CCCc1ccccc1Cl.CN1CCOCC1. The second-order valence-corrected chi connectivity index (χ2v) is 8.42. The first-order valence-corrected chi connectivity index (χ1v) is 12.1. The molecule has 1 aromatic heterocycles. The Bertz CT molecular complexity index is 879. The number of aryl methyl sites for hydroxylation is 1. The number of ketones is 1. The lowest BCUT2D eigenvalue weighted by atomic mass is 10.1. The number of Topliss-reactive ketones (excluding diaryl/α,β-unsaturated/α-hetero) is 1. The van der Waals surface area contributed by atoms with Crippen LogP contribution in [0.5, 0.6) is 0 Å². The van der Waals surface area contributed by atoms with E-state index in [0.717, 1.165) is 56.4 Å². The molecule has 0 radical (unpaired) electrons. The van der Waals surface area contributed by atoms with Crippen LogP contribution in [0.2, 0.25) is 5.02 Å². The first-order valence-electron chi connectivity index (χ1n) is 11.7. The van der Waals surface area contributed by atoms with E-state index in [4.69, 9.17) is 16.3 Å². The van der Waals surface area contributed by atoms with Crippen molar-refractivity contribution in [3.63, 3.8) is 0 Å². The Hall–Kier alpha value is -2.48. The van der Waals surface area contributed by atoms with E-state index in [1.165, 1.54) is 12.5 Å². The van der Waals surface area contributed by atoms with Gasteiger partial charge in [-0.25, -0.2) is 4.98 Å². The molecule has 0 unspecified atom stereocenters. The number of aromatic nitrogens is 2. The quantitative estimate of drug-likeness (QED) is 0.359. The fraction of sp³-hybridized carbons (Fsp3) is 0.500. The molecule has 1 fully saturated rings. The largest absolute Gasteiger partial charge is 0.379 e. The number of ether oxygens (including phenoxy) is 1. The van der Waals surface area contributed by atoms with E-state index in [-0.39, 0.29) is 5.78 Å². The van der Waals surface area contributed by atoms with Crippen LogP contribution >= 0.6 is 11.6 Å². The van der Waals surface area contributed by atoms with Gasteiger partial charge in [0.2, 0.25) is 6.41 Å². The lowest BCUT2D eigenvalue weighted by molar-refractivity contribution is -0.119. The number of hydrogen-bond donors (Lipinski definition) is 0. The molecule has 188 valence electrons. The highest BCUT2D eigenvalue weighted by molar-refractivity contribution is 6.31. The number of allylic oxidation sites excluding steroid dienone is 1.